The number of alkyl halides is 3. The lowest BCUT2D eigenvalue weighted by molar-refractivity contribution is -0.187. The lowest BCUT2D eigenvalue weighted by Crippen LogP contribution is -2.47. The zero-order valence-electron chi connectivity index (χ0n) is 16.8. The summed E-state index contributed by atoms with van der Waals surface area (Å²) in [7, 11) is -2.63. The van der Waals surface area contributed by atoms with Crippen molar-refractivity contribution in [3.63, 3.8) is 0 Å². The van der Waals surface area contributed by atoms with Crippen LogP contribution in [0.3, 0.4) is 0 Å². The first-order valence-corrected chi connectivity index (χ1v) is 11.7. The Morgan fingerprint density at radius 3 is 2.33 bits per heavy atom. The van der Waals surface area contributed by atoms with Crippen molar-refractivity contribution in [2.24, 2.45) is 5.92 Å². The van der Waals surface area contributed by atoms with E-state index in [0.717, 1.165) is 31.7 Å². The highest BCUT2D eigenvalue weighted by molar-refractivity contribution is 7.89. The molecule has 2 unspecified atom stereocenters. The summed E-state index contributed by atoms with van der Waals surface area (Å²) in [4.78, 5) is 12.5. The predicted octanol–water partition coefficient (Wildman–Crippen LogP) is 3.77. The van der Waals surface area contributed by atoms with Gasteiger partial charge in [0.15, 0.2) is 0 Å². The summed E-state index contributed by atoms with van der Waals surface area (Å²) < 4.78 is 73.4. The average Bonchev–Trinajstić information content (AvgIpc) is 3.19. The normalized spacial score (nSPS) is 23.3. The number of amides is 1. The Hall–Kier alpha value is -1.81. The molecule has 168 valence electrons. The molecular weight excluding hydrogens is 421 g/mol. The van der Waals surface area contributed by atoms with Crippen molar-refractivity contribution in [2.75, 3.05) is 7.11 Å². The lowest BCUT2D eigenvalue weighted by atomic mass is 9.84. The average molecular weight is 449 g/mol. The van der Waals surface area contributed by atoms with Crippen molar-refractivity contribution in [3.05, 3.63) is 23.8 Å². The summed E-state index contributed by atoms with van der Waals surface area (Å²) in [5.41, 5.74) is -0.0194. The molecule has 0 radical (unpaired) electrons. The van der Waals surface area contributed by atoms with Crippen LogP contribution in [0.5, 0.6) is 5.75 Å². The number of hydrogen-bond donors (Lipinski definition) is 2. The van der Waals surface area contributed by atoms with Gasteiger partial charge in [0.25, 0.3) is 5.91 Å². The van der Waals surface area contributed by atoms with Gasteiger partial charge in [-0.15, -0.1) is 0 Å². The third-order valence-corrected chi connectivity index (χ3v) is 7.44. The Balaban J connectivity index is 1.82. The largest absolute Gasteiger partial charge is 0.495 e. The van der Waals surface area contributed by atoms with Crippen LogP contribution in [0.25, 0.3) is 0 Å². The quantitative estimate of drug-likeness (QED) is 0.694. The fourth-order valence-electron chi connectivity index (χ4n) is 4.30. The number of ether oxygens (including phenoxy) is 1. The van der Waals surface area contributed by atoms with Gasteiger partial charge in [-0.3, -0.25) is 4.79 Å². The van der Waals surface area contributed by atoms with Gasteiger partial charge < -0.3 is 10.1 Å². The number of carbonyl (C=O) groups is 1. The van der Waals surface area contributed by atoms with Crippen LogP contribution in [0.15, 0.2) is 23.1 Å². The summed E-state index contributed by atoms with van der Waals surface area (Å²) in [6.45, 7) is 0. The molecule has 0 saturated heterocycles. The molecule has 2 aliphatic carbocycles. The first-order chi connectivity index (χ1) is 14.1. The Bertz CT molecular complexity index is 867. The van der Waals surface area contributed by atoms with Gasteiger partial charge in [-0.05, 0) is 43.9 Å². The Kier molecular flexibility index (Phi) is 6.96. The minimum Gasteiger partial charge on any atom is -0.495 e. The van der Waals surface area contributed by atoms with E-state index in [1.54, 1.807) is 0 Å². The molecule has 2 N–H and O–H groups in total. The van der Waals surface area contributed by atoms with Gasteiger partial charge in [0.2, 0.25) is 10.0 Å². The van der Waals surface area contributed by atoms with Crippen molar-refractivity contribution in [1.82, 2.24) is 10.0 Å². The van der Waals surface area contributed by atoms with E-state index in [4.69, 9.17) is 4.74 Å². The number of hydrogen-bond acceptors (Lipinski definition) is 4. The van der Waals surface area contributed by atoms with Crippen LogP contribution in [-0.4, -0.2) is 39.7 Å². The topological polar surface area (TPSA) is 84.5 Å². The molecule has 3 rings (SSSR count). The summed E-state index contributed by atoms with van der Waals surface area (Å²) in [5.74, 6) is -2.25. The summed E-state index contributed by atoms with van der Waals surface area (Å²) >= 11 is 0. The highest BCUT2D eigenvalue weighted by Crippen LogP contribution is 2.38. The number of sulfonamides is 1. The van der Waals surface area contributed by atoms with Gasteiger partial charge in [-0.25, -0.2) is 13.1 Å². The first-order valence-electron chi connectivity index (χ1n) is 10.2. The maximum absolute atomic E-state index is 13.3. The molecule has 0 spiro atoms. The number of rotatable bonds is 6. The number of carbonyl (C=O) groups excluding carboxylic acids is 1. The summed E-state index contributed by atoms with van der Waals surface area (Å²) in [5, 5.41) is 2.47. The van der Waals surface area contributed by atoms with Crippen molar-refractivity contribution < 1.29 is 31.1 Å². The van der Waals surface area contributed by atoms with E-state index in [-0.39, 0.29) is 35.1 Å². The number of methoxy groups -OCH3 is 1. The second-order valence-electron chi connectivity index (χ2n) is 7.98. The maximum atomic E-state index is 13.3. The maximum Gasteiger partial charge on any atom is 0.393 e. The Morgan fingerprint density at radius 1 is 1.07 bits per heavy atom. The molecule has 0 heterocycles. The Labute approximate surface area is 174 Å². The molecular formula is C20H27F3N2O4S. The third kappa shape index (κ3) is 5.26. The van der Waals surface area contributed by atoms with Crippen molar-refractivity contribution >= 4 is 15.9 Å². The second kappa shape index (κ2) is 9.13. The molecule has 1 aromatic rings. The highest BCUT2D eigenvalue weighted by Gasteiger charge is 2.46. The fraction of sp³-hybridized carbons (Fsp3) is 0.650. The van der Waals surface area contributed by atoms with Crippen LogP contribution in [0, 0.1) is 5.92 Å². The summed E-state index contributed by atoms with van der Waals surface area (Å²) in [6.07, 6.45) is 0.243. The zero-order chi connectivity index (χ0) is 21.9. The molecule has 0 aliphatic heterocycles. The van der Waals surface area contributed by atoms with Gasteiger partial charge in [0, 0.05) is 17.6 Å². The minimum absolute atomic E-state index is 0.0194. The second-order valence-corrected chi connectivity index (χ2v) is 9.66. The van der Waals surface area contributed by atoms with Crippen LogP contribution in [0.2, 0.25) is 0 Å². The van der Waals surface area contributed by atoms with E-state index in [2.05, 4.69) is 10.0 Å². The standard InChI is InChI=1S/C20H27F3N2O4S/c1-29-17-11-10-13(12-18(17)30(27,28)25-14-6-2-3-7-14)19(26)24-16-9-5-4-8-15(16)20(21,22)23/h10-12,14-16,25H,2-9H2,1H3,(H,24,26). The van der Waals surface area contributed by atoms with Gasteiger partial charge in [-0.2, -0.15) is 13.2 Å². The van der Waals surface area contributed by atoms with Gasteiger partial charge in [0.1, 0.15) is 10.6 Å². The predicted molar refractivity (Wildman–Crippen MR) is 105 cm³/mol. The number of benzene rings is 1. The molecule has 30 heavy (non-hydrogen) atoms. The van der Waals surface area contributed by atoms with E-state index in [1.165, 1.54) is 19.2 Å². The molecule has 2 fully saturated rings. The zero-order valence-corrected chi connectivity index (χ0v) is 17.6. The van der Waals surface area contributed by atoms with Crippen molar-refractivity contribution in [1.29, 1.82) is 0 Å². The first kappa shape index (κ1) is 22.9. The molecule has 6 nitrogen and oxygen atoms in total. The molecule has 0 aromatic heterocycles. The molecule has 2 aliphatic rings. The molecule has 2 saturated carbocycles. The van der Waals surface area contributed by atoms with Gasteiger partial charge >= 0.3 is 6.18 Å². The van der Waals surface area contributed by atoms with E-state index in [1.807, 2.05) is 0 Å². The third-order valence-electron chi connectivity index (χ3n) is 5.90. The molecule has 1 aromatic carbocycles. The van der Waals surface area contributed by atoms with Gasteiger partial charge in [-0.1, -0.05) is 25.7 Å². The van der Waals surface area contributed by atoms with Crippen LogP contribution in [0.4, 0.5) is 13.2 Å². The fourth-order valence-corrected chi connectivity index (χ4v) is 5.80. The van der Waals surface area contributed by atoms with Crippen LogP contribution in [0.1, 0.15) is 61.7 Å². The minimum atomic E-state index is -4.39. The molecule has 10 heteroatoms. The highest BCUT2D eigenvalue weighted by atomic mass is 32.2. The van der Waals surface area contributed by atoms with E-state index in [0.29, 0.717) is 12.8 Å². The van der Waals surface area contributed by atoms with E-state index < -0.39 is 34.1 Å². The molecule has 2 atom stereocenters. The number of nitrogens with one attached hydrogen (secondary N) is 2. The summed E-state index contributed by atoms with van der Waals surface area (Å²) in [6, 6.07) is 2.67. The van der Waals surface area contributed by atoms with Crippen LogP contribution in [-0.2, 0) is 10.0 Å². The van der Waals surface area contributed by atoms with E-state index in [9.17, 15) is 26.4 Å². The molecule has 0 bridgehead atoms. The van der Waals surface area contributed by atoms with Gasteiger partial charge in [0.05, 0.1) is 13.0 Å². The van der Waals surface area contributed by atoms with Crippen molar-refractivity contribution in [2.45, 2.75) is 74.5 Å². The van der Waals surface area contributed by atoms with E-state index >= 15 is 0 Å². The SMILES string of the molecule is COc1ccc(C(=O)NC2CCCCC2C(F)(F)F)cc1S(=O)(=O)NC1CCCC1. The monoisotopic (exact) mass is 448 g/mol. The Morgan fingerprint density at radius 2 is 1.70 bits per heavy atom. The molecule has 1 amide bonds. The smallest absolute Gasteiger partial charge is 0.393 e. The van der Waals surface area contributed by atoms with Crippen LogP contribution >= 0.6 is 0 Å². The number of halogens is 3. The lowest BCUT2D eigenvalue weighted by Gasteiger charge is -2.33. The van der Waals surface area contributed by atoms with Crippen LogP contribution < -0.4 is 14.8 Å². The van der Waals surface area contributed by atoms with Crippen molar-refractivity contribution in [3.8, 4) is 5.75 Å².